The Hall–Kier alpha value is -4.01. The molecule has 8 heteroatoms. The lowest BCUT2D eigenvalue weighted by molar-refractivity contribution is -0.134. The van der Waals surface area contributed by atoms with Crippen LogP contribution in [0.2, 0.25) is 0 Å². The summed E-state index contributed by atoms with van der Waals surface area (Å²) >= 11 is 0. The highest BCUT2D eigenvalue weighted by Gasteiger charge is 2.35. The third-order valence-corrected chi connectivity index (χ3v) is 9.36. The number of nitrogens with one attached hydrogen (secondary N) is 3. The average molecular weight is 562 g/mol. The van der Waals surface area contributed by atoms with Crippen molar-refractivity contribution in [1.82, 2.24) is 30.2 Å². The molecule has 2 aliphatic heterocycles. The van der Waals surface area contributed by atoms with Crippen molar-refractivity contribution in [1.29, 1.82) is 0 Å². The van der Waals surface area contributed by atoms with Crippen LogP contribution in [0.15, 0.2) is 60.8 Å². The summed E-state index contributed by atoms with van der Waals surface area (Å²) in [6.07, 6.45) is 7.02. The fourth-order valence-corrected chi connectivity index (χ4v) is 6.54. The van der Waals surface area contributed by atoms with Gasteiger partial charge in [0.15, 0.2) is 0 Å². The van der Waals surface area contributed by atoms with Crippen molar-refractivity contribution in [3.05, 3.63) is 72.4 Å². The van der Waals surface area contributed by atoms with Gasteiger partial charge in [-0.2, -0.15) is 0 Å². The van der Waals surface area contributed by atoms with E-state index in [9.17, 15) is 4.79 Å². The normalized spacial score (nSPS) is 20.5. The monoisotopic (exact) mass is 561 g/mol. The third kappa shape index (κ3) is 4.88. The molecule has 2 saturated heterocycles. The number of benzene rings is 3. The van der Waals surface area contributed by atoms with Crippen molar-refractivity contribution in [3.8, 4) is 22.4 Å². The van der Waals surface area contributed by atoms with Crippen molar-refractivity contribution in [2.75, 3.05) is 13.1 Å². The minimum Gasteiger partial charge on any atom is -0.341 e. The molecule has 4 atom stereocenters. The van der Waals surface area contributed by atoms with Crippen LogP contribution in [-0.2, 0) is 4.79 Å². The average Bonchev–Trinajstić information content (AvgIpc) is 3.85. The molecule has 0 bridgehead atoms. The second kappa shape index (κ2) is 11.0. The Balaban J connectivity index is 1.13. The van der Waals surface area contributed by atoms with Gasteiger partial charge in [0.05, 0.1) is 41.0 Å². The van der Waals surface area contributed by atoms with Gasteiger partial charge in [-0.15, -0.1) is 0 Å². The predicted molar refractivity (Wildman–Crippen MR) is 168 cm³/mol. The molecule has 8 nitrogen and oxygen atoms in total. The first-order chi connectivity index (χ1) is 20.5. The van der Waals surface area contributed by atoms with Crippen molar-refractivity contribution in [2.24, 2.45) is 11.7 Å². The van der Waals surface area contributed by atoms with Gasteiger partial charge >= 0.3 is 0 Å². The number of rotatable bonds is 7. The fourth-order valence-electron chi connectivity index (χ4n) is 6.54. The zero-order valence-electron chi connectivity index (χ0n) is 24.4. The molecule has 7 rings (SSSR count). The Bertz CT molecular complexity index is 1750. The van der Waals surface area contributed by atoms with Gasteiger partial charge in [-0.25, -0.2) is 9.97 Å². The van der Waals surface area contributed by atoms with E-state index in [1.807, 2.05) is 18.0 Å². The molecule has 2 aliphatic rings. The molecule has 3 aromatic carbocycles. The van der Waals surface area contributed by atoms with Crippen LogP contribution in [0, 0.1) is 5.92 Å². The number of H-pyrrole nitrogens is 2. The molecule has 5 aromatic rings. The molecule has 4 heterocycles. The van der Waals surface area contributed by atoms with Crippen LogP contribution in [0.1, 0.15) is 69.7 Å². The second-order valence-corrected chi connectivity index (χ2v) is 12.1. The quantitative estimate of drug-likeness (QED) is 0.188. The van der Waals surface area contributed by atoms with Gasteiger partial charge in [0.2, 0.25) is 5.91 Å². The van der Waals surface area contributed by atoms with Crippen LogP contribution in [0.3, 0.4) is 0 Å². The van der Waals surface area contributed by atoms with E-state index in [1.165, 1.54) is 17.2 Å². The molecule has 0 aliphatic carbocycles. The lowest BCUT2D eigenvalue weighted by atomic mass is 9.98. The Morgan fingerprint density at radius 2 is 1.74 bits per heavy atom. The molecule has 0 saturated carbocycles. The topological polar surface area (TPSA) is 116 Å². The van der Waals surface area contributed by atoms with Gasteiger partial charge in [0.1, 0.15) is 11.6 Å². The molecule has 0 unspecified atom stereocenters. The molecule has 2 aromatic heterocycles. The van der Waals surface area contributed by atoms with Crippen molar-refractivity contribution in [2.45, 2.75) is 64.1 Å². The molecule has 0 radical (unpaired) electrons. The maximum atomic E-state index is 13.2. The number of carbonyl (C=O) groups excluding carboxylic acids is 1. The third-order valence-electron chi connectivity index (χ3n) is 9.36. The van der Waals surface area contributed by atoms with Crippen LogP contribution >= 0.6 is 0 Å². The number of aromatic amines is 2. The Morgan fingerprint density at radius 3 is 2.52 bits per heavy atom. The number of aromatic nitrogens is 4. The zero-order chi connectivity index (χ0) is 28.8. The van der Waals surface area contributed by atoms with E-state index in [-0.39, 0.29) is 17.9 Å². The van der Waals surface area contributed by atoms with E-state index < -0.39 is 6.04 Å². The number of nitrogens with two attached hydrogens (primary N) is 1. The summed E-state index contributed by atoms with van der Waals surface area (Å²) in [5.41, 5.74) is 12.7. The van der Waals surface area contributed by atoms with E-state index in [0.717, 1.165) is 83.8 Å². The van der Waals surface area contributed by atoms with Crippen LogP contribution in [-0.4, -0.2) is 49.9 Å². The van der Waals surface area contributed by atoms with E-state index in [2.05, 4.69) is 81.8 Å². The van der Waals surface area contributed by atoms with E-state index in [0.29, 0.717) is 6.04 Å². The summed E-state index contributed by atoms with van der Waals surface area (Å²) in [5.74, 6) is 2.06. The molecular weight excluding hydrogens is 522 g/mol. The van der Waals surface area contributed by atoms with Crippen molar-refractivity contribution >= 4 is 27.7 Å². The Kier molecular flexibility index (Phi) is 7.04. The Morgan fingerprint density at radius 1 is 0.976 bits per heavy atom. The first-order valence-electron chi connectivity index (χ1n) is 15.4. The number of amides is 1. The van der Waals surface area contributed by atoms with E-state index in [4.69, 9.17) is 10.7 Å². The van der Waals surface area contributed by atoms with E-state index in [1.54, 1.807) is 0 Å². The maximum Gasteiger partial charge on any atom is 0.240 e. The maximum absolute atomic E-state index is 13.2. The lowest BCUT2D eigenvalue weighted by Crippen LogP contribution is -2.46. The molecule has 1 amide bonds. The smallest absolute Gasteiger partial charge is 0.240 e. The highest BCUT2D eigenvalue weighted by molar-refractivity contribution is 5.92. The summed E-state index contributed by atoms with van der Waals surface area (Å²) in [7, 11) is 0. The predicted octanol–water partition coefficient (Wildman–Crippen LogP) is 6.23. The van der Waals surface area contributed by atoms with Gasteiger partial charge in [-0.05, 0) is 84.3 Å². The SMILES string of the molecule is CC[C@H](C)[C@H](N)C(=O)N1CCC[C@H]1c1nc2ccc(-c3ccc4cc(-c5cnc([C@@H]6CCCN6)[nH]5)ccc4c3)cc2[nH]1. The first kappa shape index (κ1) is 26.9. The number of fused-ring (bicyclic) bond motifs is 2. The molecule has 42 heavy (non-hydrogen) atoms. The zero-order valence-corrected chi connectivity index (χ0v) is 24.4. The summed E-state index contributed by atoms with van der Waals surface area (Å²) in [5, 5.41) is 5.90. The minimum atomic E-state index is -0.471. The van der Waals surface area contributed by atoms with Crippen LogP contribution < -0.4 is 11.1 Å². The van der Waals surface area contributed by atoms with Crippen LogP contribution in [0.25, 0.3) is 44.2 Å². The van der Waals surface area contributed by atoms with Crippen molar-refractivity contribution in [3.63, 3.8) is 0 Å². The summed E-state index contributed by atoms with van der Waals surface area (Å²) in [6, 6.07) is 19.4. The second-order valence-electron chi connectivity index (χ2n) is 12.1. The Labute approximate surface area is 246 Å². The lowest BCUT2D eigenvalue weighted by Gasteiger charge is -2.28. The van der Waals surface area contributed by atoms with Crippen LogP contribution in [0.4, 0.5) is 0 Å². The number of hydrogen-bond acceptors (Lipinski definition) is 5. The molecular formula is C34H39N7O. The number of likely N-dealkylation sites (tertiary alicyclic amines) is 1. The minimum absolute atomic E-state index is 0.0334. The van der Waals surface area contributed by atoms with Gasteiger partial charge in [-0.1, -0.05) is 50.6 Å². The molecule has 0 spiro atoms. The molecule has 5 N–H and O–H groups in total. The standard InChI is InChI=1S/C34H39N7O/c1-3-20(2)31(35)34(42)41-15-5-7-30(41)33-38-26-13-12-24(18-28(26)39-33)22-8-9-23-17-25(11-10-21(23)16-22)29-19-37-32(40-29)27-6-4-14-36-27/h8-13,16-20,27,30-31,36H,3-7,14-15,35H2,1-2H3,(H,37,40)(H,38,39)/t20-,27-,30-,31-/m0/s1. The van der Waals surface area contributed by atoms with Gasteiger partial charge < -0.3 is 25.9 Å². The summed E-state index contributed by atoms with van der Waals surface area (Å²) < 4.78 is 0. The summed E-state index contributed by atoms with van der Waals surface area (Å²) in [6.45, 7) is 5.91. The van der Waals surface area contributed by atoms with Gasteiger partial charge in [-0.3, -0.25) is 4.79 Å². The van der Waals surface area contributed by atoms with Gasteiger partial charge in [0.25, 0.3) is 0 Å². The first-order valence-corrected chi connectivity index (χ1v) is 15.4. The molecule has 216 valence electrons. The number of imidazole rings is 2. The summed E-state index contributed by atoms with van der Waals surface area (Å²) in [4.78, 5) is 31.7. The highest BCUT2D eigenvalue weighted by atomic mass is 16.2. The van der Waals surface area contributed by atoms with Crippen LogP contribution in [0.5, 0.6) is 0 Å². The van der Waals surface area contributed by atoms with Gasteiger partial charge in [0, 0.05) is 12.1 Å². The number of hydrogen-bond donors (Lipinski definition) is 4. The van der Waals surface area contributed by atoms with Crippen molar-refractivity contribution < 1.29 is 4.79 Å². The molecule has 2 fully saturated rings. The van der Waals surface area contributed by atoms with E-state index >= 15 is 0 Å². The number of nitrogens with zero attached hydrogens (tertiary/aromatic N) is 3. The fraction of sp³-hybridized carbons (Fsp3) is 0.382. The largest absolute Gasteiger partial charge is 0.341 e. The number of carbonyl (C=O) groups is 1. The highest BCUT2D eigenvalue weighted by Crippen LogP contribution is 2.34.